The molecular formula is C31H45N3O5. The number of alkyl carbamates (subject to hydrolysis) is 1. The lowest BCUT2D eigenvalue weighted by Gasteiger charge is -2.34. The van der Waals surface area contributed by atoms with Gasteiger partial charge in [0.25, 0.3) is 0 Å². The fourth-order valence-electron chi connectivity index (χ4n) is 4.42. The number of phenolic OH excluding ortho intramolecular Hbond substituents is 1. The molecule has 0 aliphatic rings. The van der Waals surface area contributed by atoms with Gasteiger partial charge in [-0.05, 0) is 89.3 Å². The van der Waals surface area contributed by atoms with Crippen molar-refractivity contribution in [2.45, 2.75) is 98.4 Å². The molecule has 0 aliphatic carbocycles. The molecule has 2 aromatic rings. The number of hydrogen-bond donors (Lipinski definition) is 3. The Morgan fingerprint density at radius 2 is 1.62 bits per heavy atom. The van der Waals surface area contributed by atoms with Gasteiger partial charge in [-0.2, -0.15) is 0 Å². The summed E-state index contributed by atoms with van der Waals surface area (Å²) < 4.78 is 5.45. The predicted octanol–water partition coefficient (Wildman–Crippen LogP) is 5.34. The smallest absolute Gasteiger partial charge is 0.408 e. The molecule has 0 radical (unpaired) electrons. The van der Waals surface area contributed by atoms with Crippen molar-refractivity contribution in [3.63, 3.8) is 0 Å². The van der Waals surface area contributed by atoms with Crippen molar-refractivity contribution in [3.8, 4) is 5.75 Å². The number of benzene rings is 2. The second-order valence-corrected chi connectivity index (χ2v) is 11.1. The number of hydrogen-bond acceptors (Lipinski definition) is 5. The average molecular weight is 540 g/mol. The maximum absolute atomic E-state index is 14.2. The molecule has 8 heteroatoms. The van der Waals surface area contributed by atoms with Crippen LogP contribution in [0.3, 0.4) is 0 Å². The lowest BCUT2D eigenvalue weighted by Crippen LogP contribution is -2.54. The van der Waals surface area contributed by atoms with Crippen molar-refractivity contribution in [1.82, 2.24) is 15.5 Å². The molecular weight excluding hydrogens is 494 g/mol. The molecule has 0 spiro atoms. The first-order valence-electron chi connectivity index (χ1n) is 13.7. The number of phenols is 1. The quantitative estimate of drug-likeness (QED) is 0.357. The van der Waals surface area contributed by atoms with E-state index in [0.29, 0.717) is 5.56 Å². The van der Waals surface area contributed by atoms with E-state index in [1.165, 1.54) is 17.0 Å². The van der Waals surface area contributed by atoms with Crippen LogP contribution in [0.25, 0.3) is 0 Å². The van der Waals surface area contributed by atoms with Crippen molar-refractivity contribution in [2.24, 2.45) is 0 Å². The van der Waals surface area contributed by atoms with Gasteiger partial charge in [-0.3, -0.25) is 9.59 Å². The molecule has 3 unspecified atom stereocenters. The number of aryl methyl sites for hydroxylation is 2. The summed E-state index contributed by atoms with van der Waals surface area (Å²) >= 11 is 0. The second kappa shape index (κ2) is 14.0. The summed E-state index contributed by atoms with van der Waals surface area (Å²) in [6.45, 7) is 15.3. The molecule has 0 aliphatic heterocycles. The molecule has 0 aromatic heterocycles. The number of carbonyl (C=O) groups is 3. The zero-order chi connectivity index (χ0) is 29.3. The van der Waals surface area contributed by atoms with E-state index in [2.05, 4.69) is 17.6 Å². The summed E-state index contributed by atoms with van der Waals surface area (Å²) in [5.74, 6) is -0.572. The van der Waals surface area contributed by atoms with Crippen LogP contribution in [0, 0.1) is 13.8 Å². The van der Waals surface area contributed by atoms with Gasteiger partial charge in [0.2, 0.25) is 11.8 Å². The Hall–Kier alpha value is -3.55. The Kier molecular flexibility index (Phi) is 11.4. The monoisotopic (exact) mass is 539 g/mol. The Morgan fingerprint density at radius 3 is 2.15 bits per heavy atom. The Labute approximate surface area is 233 Å². The second-order valence-electron chi connectivity index (χ2n) is 11.1. The number of nitrogens with zero attached hydrogens (tertiary/aromatic N) is 1. The molecule has 0 saturated heterocycles. The number of amides is 3. The molecule has 3 N–H and O–H groups in total. The highest BCUT2D eigenvalue weighted by molar-refractivity contribution is 5.92. The van der Waals surface area contributed by atoms with Crippen LogP contribution in [0.5, 0.6) is 5.75 Å². The number of carbonyl (C=O) groups excluding carboxylic acids is 3. The van der Waals surface area contributed by atoms with E-state index in [1.807, 2.05) is 45.9 Å². The Morgan fingerprint density at radius 1 is 0.974 bits per heavy atom. The van der Waals surface area contributed by atoms with Gasteiger partial charge in [-0.15, -0.1) is 0 Å². The van der Waals surface area contributed by atoms with E-state index in [0.717, 1.165) is 29.5 Å². The topological polar surface area (TPSA) is 108 Å². The van der Waals surface area contributed by atoms with Crippen molar-refractivity contribution in [2.75, 3.05) is 6.54 Å². The van der Waals surface area contributed by atoms with Crippen LogP contribution < -0.4 is 10.6 Å². The first-order valence-corrected chi connectivity index (χ1v) is 13.7. The van der Waals surface area contributed by atoms with E-state index in [9.17, 15) is 19.5 Å². The third kappa shape index (κ3) is 9.61. The fourth-order valence-corrected chi connectivity index (χ4v) is 4.42. The van der Waals surface area contributed by atoms with Crippen LogP contribution in [0.1, 0.15) is 82.7 Å². The molecule has 3 amide bonds. The zero-order valence-electron chi connectivity index (χ0n) is 24.6. The molecule has 0 fully saturated rings. The fraction of sp³-hybridized carbons (Fsp3) is 0.516. The SMILES string of the molecule is CCCC(C)NC(=O)C(c1ccc(C)c(C)c1)N(CC)C(=O)C(Cc1ccc(O)cc1)NC(=O)OC(C)(C)C. The van der Waals surface area contributed by atoms with Crippen molar-refractivity contribution in [3.05, 3.63) is 64.7 Å². The predicted molar refractivity (Wildman–Crippen MR) is 154 cm³/mol. The number of aromatic hydroxyl groups is 1. The lowest BCUT2D eigenvalue weighted by atomic mass is 9.97. The van der Waals surface area contributed by atoms with Gasteiger partial charge in [0.1, 0.15) is 23.4 Å². The first kappa shape index (κ1) is 31.7. The maximum Gasteiger partial charge on any atom is 0.408 e. The van der Waals surface area contributed by atoms with Crippen molar-refractivity contribution >= 4 is 17.9 Å². The van der Waals surface area contributed by atoms with Crippen LogP contribution in [-0.2, 0) is 20.7 Å². The lowest BCUT2D eigenvalue weighted by molar-refractivity contribution is -0.142. The average Bonchev–Trinajstić information content (AvgIpc) is 2.83. The third-order valence-electron chi connectivity index (χ3n) is 6.51. The van der Waals surface area contributed by atoms with Gasteiger partial charge in [-0.25, -0.2) is 4.79 Å². The van der Waals surface area contributed by atoms with E-state index in [1.54, 1.807) is 32.9 Å². The number of nitrogens with one attached hydrogen (secondary N) is 2. The molecule has 0 heterocycles. The summed E-state index contributed by atoms with van der Waals surface area (Å²) in [4.78, 5) is 42.2. The van der Waals surface area contributed by atoms with Crippen LogP contribution in [0.4, 0.5) is 4.79 Å². The normalized spacial score (nSPS) is 13.6. The number of rotatable bonds is 11. The maximum atomic E-state index is 14.2. The van der Waals surface area contributed by atoms with Crippen molar-refractivity contribution < 1.29 is 24.2 Å². The number of likely N-dealkylation sites (N-methyl/N-ethyl adjacent to an activating group) is 1. The summed E-state index contributed by atoms with van der Waals surface area (Å²) in [6, 6.07) is 10.3. The minimum absolute atomic E-state index is 0.0574. The van der Waals surface area contributed by atoms with Crippen LogP contribution >= 0.6 is 0 Å². The van der Waals surface area contributed by atoms with Gasteiger partial charge in [0.15, 0.2) is 0 Å². The zero-order valence-corrected chi connectivity index (χ0v) is 24.6. The third-order valence-corrected chi connectivity index (χ3v) is 6.51. The highest BCUT2D eigenvalue weighted by Gasteiger charge is 2.36. The molecule has 2 aromatic carbocycles. The standard InChI is InChI=1S/C31H45N3O5/c1-9-11-22(5)32-28(36)27(24-15-12-20(3)21(4)18-24)34(10-2)29(37)26(33-30(38)39-31(6,7)8)19-23-13-16-25(35)17-14-23/h12-18,22,26-27,35H,9-11,19H2,1-8H3,(H,32,36)(H,33,38). The molecule has 8 nitrogen and oxygen atoms in total. The minimum atomic E-state index is -1.00. The number of ether oxygens (including phenoxy) is 1. The van der Waals surface area contributed by atoms with Gasteiger partial charge in [0.05, 0.1) is 0 Å². The molecule has 39 heavy (non-hydrogen) atoms. The molecule has 0 bridgehead atoms. The highest BCUT2D eigenvalue weighted by atomic mass is 16.6. The van der Waals surface area contributed by atoms with Gasteiger partial charge < -0.3 is 25.4 Å². The van der Waals surface area contributed by atoms with Gasteiger partial charge >= 0.3 is 6.09 Å². The van der Waals surface area contributed by atoms with E-state index < -0.39 is 29.7 Å². The minimum Gasteiger partial charge on any atom is -0.508 e. The molecule has 2 rings (SSSR count). The largest absolute Gasteiger partial charge is 0.508 e. The summed E-state index contributed by atoms with van der Waals surface area (Å²) in [5.41, 5.74) is 2.79. The van der Waals surface area contributed by atoms with E-state index in [4.69, 9.17) is 4.74 Å². The Bertz CT molecular complexity index is 1120. The summed E-state index contributed by atoms with van der Waals surface area (Å²) in [5, 5.41) is 15.5. The Balaban J connectivity index is 2.51. The summed E-state index contributed by atoms with van der Waals surface area (Å²) in [7, 11) is 0. The molecule has 214 valence electrons. The van der Waals surface area contributed by atoms with Crippen molar-refractivity contribution in [1.29, 1.82) is 0 Å². The van der Waals surface area contributed by atoms with Crippen LogP contribution in [-0.4, -0.2) is 52.1 Å². The highest BCUT2D eigenvalue weighted by Crippen LogP contribution is 2.26. The van der Waals surface area contributed by atoms with E-state index >= 15 is 0 Å². The summed E-state index contributed by atoms with van der Waals surface area (Å²) in [6.07, 6.45) is 1.16. The van der Waals surface area contributed by atoms with Gasteiger partial charge in [0, 0.05) is 19.0 Å². The van der Waals surface area contributed by atoms with Gasteiger partial charge in [-0.1, -0.05) is 43.7 Å². The van der Waals surface area contributed by atoms with Crippen LogP contribution in [0.15, 0.2) is 42.5 Å². The van der Waals surface area contributed by atoms with E-state index in [-0.39, 0.29) is 30.7 Å². The molecule has 3 atom stereocenters. The molecule has 0 saturated carbocycles. The first-order chi connectivity index (χ1) is 18.2. The van der Waals surface area contributed by atoms with Crippen LogP contribution in [0.2, 0.25) is 0 Å².